The lowest BCUT2D eigenvalue weighted by Gasteiger charge is -2.05. The number of hydrogen-bond donors (Lipinski definition) is 0. The fourth-order valence-corrected chi connectivity index (χ4v) is 3.27. The molecule has 2 aromatic rings. The Bertz CT molecular complexity index is 688. The van der Waals surface area contributed by atoms with Crippen molar-refractivity contribution in [2.75, 3.05) is 0 Å². The van der Waals surface area contributed by atoms with Crippen molar-refractivity contribution >= 4 is 17.5 Å². The van der Waals surface area contributed by atoms with Crippen LogP contribution in [0.25, 0.3) is 0 Å². The average Bonchev–Trinajstić information content (AvgIpc) is 2.81. The molecule has 0 N–H and O–H groups in total. The molecule has 1 aromatic heterocycles. The third kappa shape index (κ3) is 5.36. The first-order valence-corrected chi connectivity index (χ1v) is 8.72. The van der Waals surface area contributed by atoms with E-state index in [2.05, 4.69) is 0 Å². The molecule has 0 fully saturated rings. The number of ether oxygens (including phenoxy) is 1. The van der Waals surface area contributed by atoms with E-state index in [0.29, 0.717) is 13.0 Å². The van der Waals surface area contributed by atoms with E-state index >= 15 is 0 Å². The van der Waals surface area contributed by atoms with Gasteiger partial charge in [-0.3, -0.25) is 13.5 Å². The molecule has 0 amide bonds. The van der Waals surface area contributed by atoms with Crippen LogP contribution in [0.15, 0.2) is 35.1 Å². The number of aromatic nitrogens is 1. The minimum absolute atomic E-state index is 0.120. The van der Waals surface area contributed by atoms with Crippen molar-refractivity contribution in [2.24, 2.45) is 0 Å². The lowest BCUT2D eigenvalue weighted by molar-refractivity contribution is -0.145. The molecule has 5 heteroatoms. The van der Waals surface area contributed by atoms with E-state index in [9.17, 15) is 9.59 Å². The van der Waals surface area contributed by atoms with Gasteiger partial charge in [0.15, 0.2) is 0 Å². The Labute approximate surface area is 140 Å². The SMILES string of the molecule is Cc1sn(CCCCCC(=O)OCc2ccccc2)c(=O)c1C. The highest BCUT2D eigenvalue weighted by atomic mass is 32.1. The number of aryl methyl sites for hydroxylation is 2. The van der Waals surface area contributed by atoms with Crippen molar-refractivity contribution < 1.29 is 9.53 Å². The van der Waals surface area contributed by atoms with Gasteiger partial charge >= 0.3 is 5.97 Å². The van der Waals surface area contributed by atoms with Crippen LogP contribution in [-0.2, 0) is 22.7 Å². The van der Waals surface area contributed by atoms with Crippen LogP contribution in [0, 0.1) is 13.8 Å². The summed E-state index contributed by atoms with van der Waals surface area (Å²) in [4.78, 5) is 24.6. The van der Waals surface area contributed by atoms with Crippen molar-refractivity contribution in [3.63, 3.8) is 0 Å². The second-order valence-corrected chi connectivity index (χ2v) is 6.87. The van der Waals surface area contributed by atoms with Crippen LogP contribution in [-0.4, -0.2) is 9.93 Å². The fourth-order valence-electron chi connectivity index (χ4n) is 2.27. The Balaban J connectivity index is 1.61. The number of rotatable bonds is 8. The Morgan fingerprint density at radius 1 is 1.13 bits per heavy atom. The summed E-state index contributed by atoms with van der Waals surface area (Å²) in [5, 5.41) is 0. The zero-order chi connectivity index (χ0) is 16.7. The molecule has 0 atom stereocenters. The Hall–Kier alpha value is -1.88. The van der Waals surface area contributed by atoms with E-state index in [1.165, 1.54) is 11.5 Å². The zero-order valence-electron chi connectivity index (χ0n) is 13.7. The molecule has 0 aliphatic heterocycles. The first kappa shape index (κ1) is 17.5. The van der Waals surface area contributed by atoms with Gasteiger partial charge in [-0.1, -0.05) is 48.3 Å². The predicted molar refractivity (Wildman–Crippen MR) is 92.8 cm³/mol. The molecule has 0 aliphatic rings. The van der Waals surface area contributed by atoms with Crippen LogP contribution >= 0.6 is 11.5 Å². The fraction of sp³-hybridized carbons (Fsp3) is 0.444. The molecular formula is C18H23NO3S. The van der Waals surface area contributed by atoms with Crippen LogP contribution in [0.5, 0.6) is 0 Å². The predicted octanol–water partition coefficient (Wildman–Crippen LogP) is 3.83. The maximum absolute atomic E-state index is 11.9. The molecule has 23 heavy (non-hydrogen) atoms. The van der Waals surface area contributed by atoms with Gasteiger partial charge in [0.1, 0.15) is 6.61 Å². The van der Waals surface area contributed by atoms with Gasteiger partial charge in [-0.05, 0) is 32.3 Å². The molecule has 124 valence electrons. The van der Waals surface area contributed by atoms with E-state index in [4.69, 9.17) is 4.74 Å². The van der Waals surface area contributed by atoms with Gasteiger partial charge in [0.05, 0.1) is 0 Å². The maximum atomic E-state index is 11.9. The summed E-state index contributed by atoms with van der Waals surface area (Å²) < 4.78 is 7.04. The molecule has 1 aromatic carbocycles. The smallest absolute Gasteiger partial charge is 0.306 e. The molecular weight excluding hydrogens is 310 g/mol. The number of nitrogens with zero attached hydrogens (tertiary/aromatic N) is 1. The minimum atomic E-state index is -0.158. The minimum Gasteiger partial charge on any atom is -0.461 e. The highest BCUT2D eigenvalue weighted by Crippen LogP contribution is 2.11. The van der Waals surface area contributed by atoms with E-state index in [1.807, 2.05) is 44.2 Å². The van der Waals surface area contributed by atoms with Crippen LogP contribution < -0.4 is 5.56 Å². The van der Waals surface area contributed by atoms with Crippen molar-refractivity contribution in [1.29, 1.82) is 0 Å². The van der Waals surface area contributed by atoms with Gasteiger partial charge < -0.3 is 4.74 Å². The van der Waals surface area contributed by atoms with Crippen molar-refractivity contribution in [1.82, 2.24) is 3.96 Å². The van der Waals surface area contributed by atoms with E-state index < -0.39 is 0 Å². The molecule has 0 bridgehead atoms. The Morgan fingerprint density at radius 3 is 2.52 bits per heavy atom. The van der Waals surface area contributed by atoms with Gasteiger partial charge in [0, 0.05) is 23.4 Å². The van der Waals surface area contributed by atoms with Gasteiger partial charge in [-0.2, -0.15) is 0 Å². The molecule has 0 saturated carbocycles. The molecule has 4 nitrogen and oxygen atoms in total. The normalized spacial score (nSPS) is 10.7. The molecule has 1 heterocycles. The van der Waals surface area contributed by atoms with E-state index in [0.717, 1.165) is 41.8 Å². The van der Waals surface area contributed by atoms with Crippen LogP contribution in [0.2, 0.25) is 0 Å². The van der Waals surface area contributed by atoms with Crippen LogP contribution in [0.1, 0.15) is 41.7 Å². The molecule has 0 aliphatic carbocycles. The molecule has 0 radical (unpaired) electrons. The number of benzene rings is 1. The summed E-state index contributed by atoms with van der Waals surface area (Å²) in [7, 11) is 0. The number of esters is 1. The quantitative estimate of drug-likeness (QED) is 0.545. The molecule has 2 rings (SSSR count). The standard InChI is InChI=1S/C18H23NO3S/c1-14-15(2)23-19(18(14)21)12-8-4-7-11-17(20)22-13-16-9-5-3-6-10-16/h3,5-6,9-10H,4,7-8,11-13H2,1-2H3. The summed E-state index contributed by atoms with van der Waals surface area (Å²) in [5.41, 5.74) is 1.97. The highest BCUT2D eigenvalue weighted by Gasteiger charge is 2.07. The van der Waals surface area contributed by atoms with Crippen LogP contribution in [0.4, 0.5) is 0 Å². The number of carbonyl (C=O) groups excluding carboxylic acids is 1. The van der Waals surface area contributed by atoms with Crippen molar-refractivity contribution in [3.05, 3.63) is 56.7 Å². The van der Waals surface area contributed by atoms with Gasteiger partial charge in [0.2, 0.25) is 0 Å². The van der Waals surface area contributed by atoms with Crippen molar-refractivity contribution in [2.45, 2.75) is 52.7 Å². The molecule has 0 spiro atoms. The lowest BCUT2D eigenvalue weighted by atomic mass is 10.2. The van der Waals surface area contributed by atoms with Gasteiger partial charge in [-0.15, -0.1) is 0 Å². The Morgan fingerprint density at radius 2 is 1.87 bits per heavy atom. The summed E-state index contributed by atoms with van der Waals surface area (Å²) in [6.45, 7) is 4.91. The first-order chi connectivity index (χ1) is 11.1. The lowest BCUT2D eigenvalue weighted by Crippen LogP contribution is -2.15. The molecule has 0 saturated heterocycles. The topological polar surface area (TPSA) is 48.3 Å². The van der Waals surface area contributed by atoms with Gasteiger partial charge in [0.25, 0.3) is 5.56 Å². The number of hydrogen-bond acceptors (Lipinski definition) is 4. The van der Waals surface area contributed by atoms with E-state index in [1.54, 1.807) is 3.96 Å². The Kier molecular flexibility index (Phi) is 6.59. The van der Waals surface area contributed by atoms with Gasteiger partial charge in [-0.25, -0.2) is 0 Å². The summed E-state index contributed by atoms with van der Waals surface area (Å²) in [6.07, 6.45) is 3.06. The van der Waals surface area contributed by atoms with Crippen LogP contribution in [0.3, 0.4) is 0 Å². The summed E-state index contributed by atoms with van der Waals surface area (Å²) in [5.74, 6) is -0.158. The zero-order valence-corrected chi connectivity index (χ0v) is 14.5. The third-order valence-electron chi connectivity index (χ3n) is 3.81. The average molecular weight is 333 g/mol. The maximum Gasteiger partial charge on any atom is 0.306 e. The second kappa shape index (κ2) is 8.67. The first-order valence-electron chi connectivity index (χ1n) is 7.95. The third-order valence-corrected chi connectivity index (χ3v) is 4.96. The number of carbonyl (C=O) groups is 1. The van der Waals surface area contributed by atoms with E-state index in [-0.39, 0.29) is 11.5 Å². The number of unbranched alkanes of at least 4 members (excludes halogenated alkanes) is 2. The van der Waals surface area contributed by atoms with Crippen molar-refractivity contribution in [3.8, 4) is 0 Å². The second-order valence-electron chi connectivity index (χ2n) is 5.64. The highest BCUT2D eigenvalue weighted by molar-refractivity contribution is 7.06. The summed E-state index contributed by atoms with van der Waals surface area (Å²) in [6, 6.07) is 9.68. The summed E-state index contributed by atoms with van der Waals surface area (Å²) >= 11 is 1.52. The largest absolute Gasteiger partial charge is 0.461 e. The monoisotopic (exact) mass is 333 g/mol. The molecule has 0 unspecified atom stereocenters.